The smallest absolute Gasteiger partial charge is 0.236 e. The van der Waals surface area contributed by atoms with Crippen LogP contribution in [0.5, 0.6) is 0 Å². The summed E-state index contributed by atoms with van der Waals surface area (Å²) in [6.45, 7) is 5.78. The molecule has 0 spiro atoms. The van der Waals surface area contributed by atoms with Gasteiger partial charge < -0.3 is 10.2 Å². The Kier molecular flexibility index (Phi) is 7.11. The normalized spacial score (nSPS) is 25.7. The van der Waals surface area contributed by atoms with Crippen molar-refractivity contribution in [1.82, 2.24) is 15.1 Å². The number of carbonyl (C=O) groups excluding carboxylic acids is 1. The molecule has 4 nitrogen and oxygen atoms in total. The minimum absolute atomic E-state index is 0. The van der Waals surface area contributed by atoms with Crippen molar-refractivity contribution in [3.63, 3.8) is 0 Å². The SMILES string of the molecule is CC1CNCCN1CC(=O)N(C)C1CCCCC1.Cl. The Morgan fingerprint density at radius 2 is 2.00 bits per heavy atom. The summed E-state index contributed by atoms with van der Waals surface area (Å²) >= 11 is 0. The van der Waals surface area contributed by atoms with Gasteiger partial charge in [-0.2, -0.15) is 0 Å². The highest BCUT2D eigenvalue weighted by Crippen LogP contribution is 2.21. The molecule has 0 aromatic rings. The molecule has 1 heterocycles. The summed E-state index contributed by atoms with van der Waals surface area (Å²) in [6.07, 6.45) is 6.30. The third-order valence-corrected chi connectivity index (χ3v) is 4.49. The number of hydrogen-bond acceptors (Lipinski definition) is 3. The lowest BCUT2D eigenvalue weighted by molar-refractivity contribution is -0.134. The zero-order valence-electron chi connectivity index (χ0n) is 12.2. The van der Waals surface area contributed by atoms with Crippen molar-refractivity contribution in [1.29, 1.82) is 0 Å². The molecule has 1 saturated heterocycles. The van der Waals surface area contributed by atoms with Crippen LogP contribution in [0.2, 0.25) is 0 Å². The third kappa shape index (κ3) is 4.62. The maximum absolute atomic E-state index is 12.3. The van der Waals surface area contributed by atoms with E-state index in [1.165, 1.54) is 32.1 Å². The summed E-state index contributed by atoms with van der Waals surface area (Å²) in [5.74, 6) is 0.302. The van der Waals surface area contributed by atoms with Gasteiger partial charge in [-0.1, -0.05) is 19.3 Å². The van der Waals surface area contributed by atoms with Crippen LogP contribution in [-0.4, -0.2) is 61.0 Å². The van der Waals surface area contributed by atoms with E-state index in [1.807, 2.05) is 11.9 Å². The predicted molar refractivity (Wildman–Crippen MR) is 80.8 cm³/mol. The second-order valence-electron chi connectivity index (χ2n) is 5.82. The highest BCUT2D eigenvalue weighted by molar-refractivity contribution is 5.85. The number of halogens is 1. The number of piperazine rings is 1. The van der Waals surface area contributed by atoms with Crippen molar-refractivity contribution in [2.24, 2.45) is 0 Å². The number of nitrogens with zero attached hydrogens (tertiary/aromatic N) is 2. The van der Waals surface area contributed by atoms with Crippen LogP contribution in [0.15, 0.2) is 0 Å². The maximum Gasteiger partial charge on any atom is 0.236 e. The lowest BCUT2D eigenvalue weighted by Crippen LogP contribution is -2.53. The topological polar surface area (TPSA) is 35.6 Å². The fourth-order valence-corrected chi connectivity index (χ4v) is 3.08. The Morgan fingerprint density at radius 3 is 2.63 bits per heavy atom. The van der Waals surface area contributed by atoms with E-state index < -0.39 is 0 Å². The largest absolute Gasteiger partial charge is 0.342 e. The molecule has 2 aliphatic rings. The molecule has 1 atom stereocenters. The van der Waals surface area contributed by atoms with Gasteiger partial charge in [-0.15, -0.1) is 12.4 Å². The first-order valence-corrected chi connectivity index (χ1v) is 7.39. The van der Waals surface area contributed by atoms with E-state index in [-0.39, 0.29) is 12.4 Å². The molecule has 1 aliphatic heterocycles. The monoisotopic (exact) mass is 289 g/mol. The van der Waals surface area contributed by atoms with Gasteiger partial charge in [-0.25, -0.2) is 0 Å². The molecular weight excluding hydrogens is 262 g/mol. The molecule has 1 N–H and O–H groups in total. The molecule has 19 heavy (non-hydrogen) atoms. The lowest BCUT2D eigenvalue weighted by Gasteiger charge is -2.36. The van der Waals surface area contributed by atoms with Crippen LogP contribution in [-0.2, 0) is 4.79 Å². The van der Waals surface area contributed by atoms with Crippen LogP contribution in [0.4, 0.5) is 0 Å². The van der Waals surface area contributed by atoms with E-state index in [0.29, 0.717) is 24.5 Å². The fraction of sp³-hybridized carbons (Fsp3) is 0.929. The molecule has 2 rings (SSSR count). The van der Waals surface area contributed by atoms with Crippen molar-refractivity contribution < 1.29 is 4.79 Å². The lowest BCUT2D eigenvalue weighted by atomic mass is 9.94. The van der Waals surface area contributed by atoms with E-state index in [4.69, 9.17) is 0 Å². The van der Waals surface area contributed by atoms with E-state index in [0.717, 1.165) is 19.6 Å². The molecule has 1 aliphatic carbocycles. The van der Waals surface area contributed by atoms with Crippen LogP contribution in [0.25, 0.3) is 0 Å². The van der Waals surface area contributed by atoms with Gasteiger partial charge in [-0.3, -0.25) is 9.69 Å². The number of amides is 1. The molecule has 5 heteroatoms. The summed E-state index contributed by atoms with van der Waals surface area (Å²) in [7, 11) is 1.99. The Labute approximate surface area is 123 Å². The molecule has 0 radical (unpaired) electrons. The second kappa shape index (κ2) is 8.08. The molecule has 1 unspecified atom stereocenters. The number of rotatable bonds is 3. The second-order valence-corrected chi connectivity index (χ2v) is 5.82. The van der Waals surface area contributed by atoms with Crippen LogP contribution in [0.3, 0.4) is 0 Å². The van der Waals surface area contributed by atoms with Gasteiger partial charge in [0.15, 0.2) is 0 Å². The van der Waals surface area contributed by atoms with Gasteiger partial charge in [0.05, 0.1) is 6.54 Å². The number of likely N-dealkylation sites (N-methyl/N-ethyl adjacent to an activating group) is 1. The Morgan fingerprint density at radius 1 is 1.32 bits per heavy atom. The van der Waals surface area contributed by atoms with E-state index in [1.54, 1.807) is 0 Å². The summed E-state index contributed by atoms with van der Waals surface area (Å²) in [6, 6.07) is 0.965. The van der Waals surface area contributed by atoms with E-state index in [9.17, 15) is 4.79 Å². The molecule has 0 aromatic heterocycles. The number of hydrogen-bond donors (Lipinski definition) is 1. The fourth-order valence-electron chi connectivity index (χ4n) is 3.08. The highest BCUT2D eigenvalue weighted by Gasteiger charge is 2.26. The molecular formula is C14H28ClN3O. The molecule has 0 bridgehead atoms. The number of nitrogens with one attached hydrogen (secondary N) is 1. The molecule has 2 fully saturated rings. The van der Waals surface area contributed by atoms with Gasteiger partial charge in [-0.05, 0) is 19.8 Å². The Balaban J connectivity index is 0.00000180. The maximum atomic E-state index is 12.3. The summed E-state index contributed by atoms with van der Waals surface area (Å²) in [4.78, 5) is 16.6. The minimum atomic E-state index is 0. The van der Waals surface area contributed by atoms with E-state index in [2.05, 4.69) is 17.1 Å². The van der Waals surface area contributed by atoms with Gasteiger partial charge in [0.1, 0.15) is 0 Å². The molecule has 1 saturated carbocycles. The van der Waals surface area contributed by atoms with Crippen LogP contribution in [0, 0.1) is 0 Å². The first-order chi connectivity index (χ1) is 8.68. The Hall–Kier alpha value is -0.320. The zero-order chi connectivity index (χ0) is 13.0. The van der Waals surface area contributed by atoms with Crippen LogP contribution in [0.1, 0.15) is 39.0 Å². The average molecular weight is 290 g/mol. The Bertz CT molecular complexity index is 282. The van der Waals surface area contributed by atoms with Gasteiger partial charge in [0.2, 0.25) is 5.91 Å². The summed E-state index contributed by atoms with van der Waals surface area (Å²) in [5, 5.41) is 3.36. The molecule has 1 amide bonds. The summed E-state index contributed by atoms with van der Waals surface area (Å²) < 4.78 is 0. The zero-order valence-corrected chi connectivity index (χ0v) is 13.0. The minimum Gasteiger partial charge on any atom is -0.342 e. The van der Waals surface area contributed by atoms with Crippen molar-refractivity contribution in [3.8, 4) is 0 Å². The first-order valence-electron chi connectivity index (χ1n) is 7.39. The van der Waals surface area contributed by atoms with Crippen LogP contribution < -0.4 is 5.32 Å². The van der Waals surface area contributed by atoms with Gasteiger partial charge in [0, 0.05) is 38.8 Å². The summed E-state index contributed by atoms with van der Waals surface area (Å²) in [5.41, 5.74) is 0. The highest BCUT2D eigenvalue weighted by atomic mass is 35.5. The average Bonchev–Trinajstić information content (AvgIpc) is 2.41. The third-order valence-electron chi connectivity index (χ3n) is 4.49. The molecule has 0 aromatic carbocycles. The predicted octanol–water partition coefficient (Wildman–Crippen LogP) is 1.49. The van der Waals surface area contributed by atoms with Gasteiger partial charge in [0.25, 0.3) is 0 Å². The van der Waals surface area contributed by atoms with Crippen molar-refractivity contribution in [2.45, 2.75) is 51.1 Å². The number of carbonyl (C=O) groups is 1. The molecule has 112 valence electrons. The van der Waals surface area contributed by atoms with E-state index >= 15 is 0 Å². The van der Waals surface area contributed by atoms with Crippen molar-refractivity contribution in [2.75, 3.05) is 33.2 Å². The first kappa shape index (κ1) is 16.7. The van der Waals surface area contributed by atoms with Crippen molar-refractivity contribution >= 4 is 18.3 Å². The van der Waals surface area contributed by atoms with Gasteiger partial charge >= 0.3 is 0 Å². The van der Waals surface area contributed by atoms with Crippen molar-refractivity contribution in [3.05, 3.63) is 0 Å². The standard InChI is InChI=1S/C14H27N3O.ClH/c1-12-10-15-8-9-17(12)11-14(18)16(2)13-6-4-3-5-7-13;/h12-13,15H,3-11H2,1-2H3;1H. The van der Waals surface area contributed by atoms with Crippen LogP contribution >= 0.6 is 12.4 Å². The quantitative estimate of drug-likeness (QED) is 0.855.